The van der Waals surface area contributed by atoms with Gasteiger partial charge in [-0.25, -0.2) is 0 Å². The topological polar surface area (TPSA) is 24.9 Å². The van der Waals surface area contributed by atoms with Crippen LogP contribution in [-0.4, -0.2) is 11.5 Å². The van der Waals surface area contributed by atoms with Gasteiger partial charge in [0.2, 0.25) is 0 Å². The summed E-state index contributed by atoms with van der Waals surface area (Å²) in [7, 11) is 0. The summed E-state index contributed by atoms with van der Waals surface area (Å²) < 4.78 is 0. The van der Waals surface area contributed by atoms with E-state index in [1.807, 2.05) is 18.5 Å². The van der Waals surface area contributed by atoms with E-state index < -0.39 is 0 Å². The van der Waals surface area contributed by atoms with Gasteiger partial charge < -0.3 is 5.32 Å². The maximum absolute atomic E-state index is 4.08. The van der Waals surface area contributed by atoms with E-state index in [4.69, 9.17) is 0 Å². The largest absolute Gasteiger partial charge is 0.384 e. The molecule has 0 spiro atoms. The Morgan fingerprint density at radius 1 is 1.57 bits per heavy atom. The first-order valence-electron chi connectivity index (χ1n) is 5.24. The van der Waals surface area contributed by atoms with Gasteiger partial charge in [0.25, 0.3) is 0 Å². The molecule has 1 aromatic rings. The zero-order chi connectivity index (χ0) is 10.2. The first-order chi connectivity index (χ1) is 6.59. The number of hydrogen-bond acceptors (Lipinski definition) is 2. The lowest BCUT2D eigenvalue weighted by molar-refractivity contribution is 0.573. The second-order valence-corrected chi connectivity index (χ2v) is 4.96. The lowest BCUT2D eigenvalue weighted by Gasteiger charge is -2.09. The Kier molecular flexibility index (Phi) is 2.22. The fourth-order valence-corrected chi connectivity index (χ4v) is 1.83. The predicted octanol–water partition coefficient (Wildman–Crippen LogP) is 2.85. The normalized spacial score (nSPS) is 23.2. The van der Waals surface area contributed by atoms with Crippen molar-refractivity contribution in [2.24, 2.45) is 11.3 Å². The van der Waals surface area contributed by atoms with Gasteiger partial charge >= 0.3 is 0 Å². The predicted molar refractivity (Wildman–Crippen MR) is 59.4 cm³/mol. The average molecular weight is 190 g/mol. The molecule has 1 N–H and O–H groups in total. The molecular weight excluding hydrogens is 172 g/mol. The van der Waals surface area contributed by atoms with E-state index in [0.29, 0.717) is 5.41 Å². The summed E-state index contributed by atoms with van der Waals surface area (Å²) in [4.78, 5) is 4.08. The minimum atomic E-state index is 0.563. The molecule has 76 valence electrons. The molecular formula is C12H18N2. The number of hydrogen-bond donors (Lipinski definition) is 1. The number of rotatable bonds is 3. The minimum absolute atomic E-state index is 0.563. The average Bonchev–Trinajstić information content (AvgIpc) is 2.73. The molecule has 2 rings (SSSR count). The van der Waals surface area contributed by atoms with E-state index in [0.717, 1.165) is 12.5 Å². The summed E-state index contributed by atoms with van der Waals surface area (Å²) >= 11 is 0. The third-order valence-electron chi connectivity index (χ3n) is 3.28. The number of aryl methyl sites for hydroxylation is 1. The van der Waals surface area contributed by atoms with Crippen LogP contribution in [0.3, 0.4) is 0 Å². The molecule has 1 aromatic heterocycles. The third kappa shape index (κ3) is 1.89. The lowest BCUT2D eigenvalue weighted by atomic mass is 10.1. The summed E-state index contributed by atoms with van der Waals surface area (Å²) in [5, 5.41) is 3.49. The zero-order valence-corrected chi connectivity index (χ0v) is 9.17. The van der Waals surface area contributed by atoms with Gasteiger partial charge in [0.05, 0.1) is 0 Å². The zero-order valence-electron chi connectivity index (χ0n) is 9.17. The SMILES string of the molecule is Cc1cnccc1NCC1CC1(C)C. The van der Waals surface area contributed by atoms with E-state index >= 15 is 0 Å². The highest BCUT2D eigenvalue weighted by Crippen LogP contribution is 2.51. The van der Waals surface area contributed by atoms with Gasteiger partial charge in [-0.15, -0.1) is 0 Å². The molecule has 2 nitrogen and oxygen atoms in total. The van der Waals surface area contributed by atoms with Crippen LogP contribution in [0.1, 0.15) is 25.8 Å². The number of aromatic nitrogens is 1. The molecule has 0 radical (unpaired) electrons. The second kappa shape index (κ2) is 3.26. The Morgan fingerprint density at radius 2 is 2.29 bits per heavy atom. The van der Waals surface area contributed by atoms with Gasteiger partial charge in [0, 0.05) is 24.6 Å². The van der Waals surface area contributed by atoms with Gasteiger partial charge in [-0.05, 0) is 36.3 Å². The number of pyridine rings is 1. The summed E-state index contributed by atoms with van der Waals surface area (Å²) in [5.41, 5.74) is 3.02. The van der Waals surface area contributed by atoms with Crippen LogP contribution in [0, 0.1) is 18.3 Å². The Labute approximate surface area is 85.7 Å². The van der Waals surface area contributed by atoms with Crippen molar-refractivity contribution in [1.82, 2.24) is 4.98 Å². The second-order valence-electron chi connectivity index (χ2n) is 4.96. The molecule has 1 unspecified atom stereocenters. The summed E-state index contributed by atoms with van der Waals surface area (Å²) in [5.74, 6) is 0.843. The van der Waals surface area contributed by atoms with Crippen molar-refractivity contribution in [2.75, 3.05) is 11.9 Å². The Balaban J connectivity index is 1.90. The van der Waals surface area contributed by atoms with Crippen molar-refractivity contribution in [3.63, 3.8) is 0 Å². The minimum Gasteiger partial charge on any atom is -0.384 e. The Bertz CT molecular complexity index is 331. The van der Waals surface area contributed by atoms with Crippen LogP contribution in [0.2, 0.25) is 0 Å². The molecule has 1 heterocycles. The van der Waals surface area contributed by atoms with Gasteiger partial charge in [-0.1, -0.05) is 13.8 Å². The fraction of sp³-hybridized carbons (Fsp3) is 0.583. The van der Waals surface area contributed by atoms with Crippen molar-refractivity contribution < 1.29 is 0 Å². The summed E-state index contributed by atoms with van der Waals surface area (Å²) in [6.45, 7) is 7.85. The van der Waals surface area contributed by atoms with Crippen LogP contribution in [0.15, 0.2) is 18.5 Å². The number of nitrogens with zero attached hydrogens (tertiary/aromatic N) is 1. The van der Waals surface area contributed by atoms with Crippen LogP contribution in [-0.2, 0) is 0 Å². The molecule has 1 saturated carbocycles. The maximum atomic E-state index is 4.08. The molecule has 0 saturated heterocycles. The van der Waals surface area contributed by atoms with Crippen molar-refractivity contribution in [3.8, 4) is 0 Å². The molecule has 14 heavy (non-hydrogen) atoms. The van der Waals surface area contributed by atoms with Gasteiger partial charge in [-0.3, -0.25) is 4.98 Å². The molecule has 1 fully saturated rings. The monoisotopic (exact) mass is 190 g/mol. The fourth-order valence-electron chi connectivity index (χ4n) is 1.83. The van der Waals surface area contributed by atoms with Crippen molar-refractivity contribution in [3.05, 3.63) is 24.0 Å². The molecule has 2 heteroatoms. The third-order valence-corrected chi connectivity index (χ3v) is 3.28. The Hall–Kier alpha value is -1.05. The first kappa shape index (κ1) is 9.50. The van der Waals surface area contributed by atoms with Crippen LogP contribution < -0.4 is 5.32 Å². The highest BCUT2D eigenvalue weighted by atomic mass is 14.9. The van der Waals surface area contributed by atoms with Crippen LogP contribution in [0.4, 0.5) is 5.69 Å². The van der Waals surface area contributed by atoms with E-state index in [9.17, 15) is 0 Å². The van der Waals surface area contributed by atoms with Crippen molar-refractivity contribution in [2.45, 2.75) is 27.2 Å². The van der Waals surface area contributed by atoms with Crippen molar-refractivity contribution in [1.29, 1.82) is 0 Å². The highest BCUT2D eigenvalue weighted by Gasteiger charge is 2.44. The standard InChI is InChI=1S/C12H18N2/c1-9-7-13-5-4-11(9)14-8-10-6-12(10,2)3/h4-5,7,10H,6,8H2,1-3H3,(H,13,14). The smallest absolute Gasteiger partial charge is 0.0400 e. The number of nitrogens with one attached hydrogen (secondary N) is 1. The summed E-state index contributed by atoms with van der Waals surface area (Å²) in [6, 6.07) is 2.05. The molecule has 0 aromatic carbocycles. The van der Waals surface area contributed by atoms with Crippen molar-refractivity contribution >= 4 is 5.69 Å². The molecule has 1 atom stereocenters. The van der Waals surface area contributed by atoms with Crippen LogP contribution >= 0.6 is 0 Å². The molecule has 0 aliphatic heterocycles. The van der Waals surface area contributed by atoms with Gasteiger partial charge in [-0.2, -0.15) is 0 Å². The van der Waals surface area contributed by atoms with Gasteiger partial charge in [0.15, 0.2) is 0 Å². The molecule has 1 aliphatic carbocycles. The van der Waals surface area contributed by atoms with E-state index in [1.165, 1.54) is 17.7 Å². The molecule has 0 bridgehead atoms. The quantitative estimate of drug-likeness (QED) is 0.792. The van der Waals surface area contributed by atoms with Crippen LogP contribution in [0.25, 0.3) is 0 Å². The van der Waals surface area contributed by atoms with Gasteiger partial charge in [0.1, 0.15) is 0 Å². The Morgan fingerprint density at radius 3 is 2.86 bits per heavy atom. The van der Waals surface area contributed by atoms with E-state index in [2.05, 4.69) is 31.1 Å². The molecule has 0 amide bonds. The van der Waals surface area contributed by atoms with Crippen LogP contribution in [0.5, 0.6) is 0 Å². The van der Waals surface area contributed by atoms with E-state index in [1.54, 1.807) is 0 Å². The number of anilines is 1. The lowest BCUT2D eigenvalue weighted by Crippen LogP contribution is -2.08. The molecule has 1 aliphatic rings. The summed E-state index contributed by atoms with van der Waals surface area (Å²) in [6.07, 6.45) is 5.10. The van der Waals surface area contributed by atoms with E-state index in [-0.39, 0.29) is 0 Å². The first-order valence-corrected chi connectivity index (χ1v) is 5.24. The highest BCUT2D eigenvalue weighted by molar-refractivity contribution is 5.48. The maximum Gasteiger partial charge on any atom is 0.0400 e.